The largest absolute Gasteiger partial charge is 0.308 e. The Balaban J connectivity index is 1.29. The molecule has 0 N–H and O–H groups in total. The summed E-state index contributed by atoms with van der Waals surface area (Å²) in [5, 5.41) is 7.96. The van der Waals surface area contributed by atoms with Crippen molar-refractivity contribution in [2.45, 2.75) is 26.2 Å². The molecule has 1 heteroatoms. The Bertz CT molecular complexity index is 2550. The molecular weight excluding hydrogens is 542 g/mol. The average Bonchev–Trinajstić information content (AvgIpc) is 3.59. The number of fused-ring (bicyclic) bond motifs is 9. The van der Waals surface area contributed by atoms with E-state index in [-0.39, 0.29) is 11.3 Å². The summed E-state index contributed by atoms with van der Waals surface area (Å²) >= 11 is 0. The van der Waals surface area contributed by atoms with E-state index >= 15 is 0 Å². The van der Waals surface area contributed by atoms with Crippen LogP contribution in [0.15, 0.2) is 145 Å². The fourth-order valence-corrected chi connectivity index (χ4v) is 9.31. The van der Waals surface area contributed by atoms with Crippen LogP contribution in [-0.4, -0.2) is 4.40 Å². The number of hydrogen-bond acceptors (Lipinski definition) is 0. The smallest absolute Gasteiger partial charge is 0.0620 e. The highest BCUT2D eigenvalue weighted by Gasteiger charge is 2.47. The van der Waals surface area contributed by atoms with Crippen LogP contribution in [0.5, 0.6) is 0 Å². The predicted octanol–water partition coefficient (Wildman–Crippen LogP) is 11.5. The van der Waals surface area contributed by atoms with Gasteiger partial charge in [-0.15, -0.1) is 0 Å². The fourth-order valence-electron chi connectivity index (χ4n) is 9.31. The van der Waals surface area contributed by atoms with E-state index in [1.807, 2.05) is 0 Å². The summed E-state index contributed by atoms with van der Waals surface area (Å²) in [4.78, 5) is 0. The standard InChI is InChI=1S/C44H33N/c1-27-21-24-38-41(33-17-9-12-28-11-3-4-13-30(28)33)34-15-5-6-16-35(34)42(44(38,2)26-27)29-22-23-32-37-19-10-18-36-31-14-7-8-20-39(31)45(43(36)37)40(32)25-29/h3-25,27,42H,26H2,1-2H3. The molecule has 0 fully saturated rings. The zero-order valence-corrected chi connectivity index (χ0v) is 25.6. The molecule has 2 aliphatic carbocycles. The van der Waals surface area contributed by atoms with Crippen molar-refractivity contribution in [2.75, 3.05) is 0 Å². The molecule has 45 heavy (non-hydrogen) atoms. The second kappa shape index (κ2) is 8.96. The van der Waals surface area contributed by atoms with E-state index in [2.05, 4.69) is 158 Å². The SMILES string of the molecule is CC1C=CC2=C(c3cccc4ccccc34)c3ccccc3C(c3ccc4c5cccc6c7ccccc7n(c4c3)c65)C2(C)C1. The van der Waals surface area contributed by atoms with Gasteiger partial charge in [-0.3, -0.25) is 0 Å². The van der Waals surface area contributed by atoms with Crippen LogP contribution in [0.4, 0.5) is 0 Å². The molecule has 2 aromatic heterocycles. The third kappa shape index (κ3) is 3.28. The van der Waals surface area contributed by atoms with E-state index in [1.54, 1.807) is 0 Å². The highest BCUT2D eigenvalue weighted by Crippen LogP contribution is 2.60. The Labute approximate surface area is 263 Å². The lowest BCUT2D eigenvalue weighted by Crippen LogP contribution is -2.36. The van der Waals surface area contributed by atoms with Crippen molar-refractivity contribution < 1.29 is 0 Å². The van der Waals surface area contributed by atoms with Crippen molar-refractivity contribution in [1.29, 1.82) is 0 Å². The van der Waals surface area contributed by atoms with Crippen molar-refractivity contribution in [1.82, 2.24) is 4.40 Å². The lowest BCUT2D eigenvalue weighted by Gasteiger charge is -2.48. The Morgan fingerprint density at radius 3 is 2.18 bits per heavy atom. The van der Waals surface area contributed by atoms with Gasteiger partial charge in [0, 0.05) is 32.9 Å². The minimum atomic E-state index is -0.0669. The molecule has 8 aromatic rings. The molecule has 1 nitrogen and oxygen atoms in total. The molecule has 0 saturated carbocycles. The maximum absolute atomic E-state index is 2.54. The molecule has 3 unspecified atom stereocenters. The van der Waals surface area contributed by atoms with Crippen LogP contribution >= 0.6 is 0 Å². The van der Waals surface area contributed by atoms with E-state index in [0.717, 1.165) is 6.42 Å². The van der Waals surface area contributed by atoms with Gasteiger partial charge in [-0.1, -0.05) is 141 Å². The first-order chi connectivity index (χ1) is 22.1. The zero-order chi connectivity index (χ0) is 29.9. The Hall–Kier alpha value is -5.14. The molecule has 0 spiro atoms. The highest BCUT2D eigenvalue weighted by atomic mass is 14.9. The van der Waals surface area contributed by atoms with E-state index < -0.39 is 0 Å². The van der Waals surface area contributed by atoms with E-state index in [1.165, 1.54) is 82.3 Å². The Morgan fingerprint density at radius 1 is 0.622 bits per heavy atom. The topological polar surface area (TPSA) is 4.41 Å². The first-order valence-corrected chi connectivity index (χ1v) is 16.3. The number of para-hydroxylation sites is 2. The van der Waals surface area contributed by atoms with Crippen molar-refractivity contribution in [3.63, 3.8) is 0 Å². The number of allylic oxidation sites excluding steroid dienone is 3. The van der Waals surface area contributed by atoms with Gasteiger partial charge >= 0.3 is 0 Å². The minimum absolute atomic E-state index is 0.0669. The zero-order valence-electron chi connectivity index (χ0n) is 25.6. The Kier molecular flexibility index (Phi) is 5.02. The highest BCUT2D eigenvalue weighted by molar-refractivity contribution is 6.23. The van der Waals surface area contributed by atoms with Gasteiger partial charge in [0.15, 0.2) is 0 Å². The third-order valence-electron chi connectivity index (χ3n) is 11.0. The molecule has 0 saturated heterocycles. The summed E-state index contributed by atoms with van der Waals surface area (Å²) < 4.78 is 2.53. The van der Waals surface area contributed by atoms with Crippen LogP contribution < -0.4 is 0 Å². The second-order valence-electron chi connectivity index (χ2n) is 13.6. The van der Waals surface area contributed by atoms with Gasteiger partial charge in [-0.2, -0.15) is 0 Å². The van der Waals surface area contributed by atoms with Crippen molar-refractivity contribution in [3.8, 4) is 0 Å². The van der Waals surface area contributed by atoms with Crippen LogP contribution in [-0.2, 0) is 0 Å². The number of nitrogens with zero attached hydrogens (tertiary/aromatic N) is 1. The number of hydrogen-bond donors (Lipinski definition) is 0. The number of benzene rings is 6. The van der Waals surface area contributed by atoms with Crippen molar-refractivity contribution >= 4 is 54.4 Å². The second-order valence-corrected chi connectivity index (χ2v) is 13.6. The molecular formula is C44H33N. The summed E-state index contributed by atoms with van der Waals surface area (Å²) in [7, 11) is 0. The van der Waals surface area contributed by atoms with Gasteiger partial charge in [0.25, 0.3) is 0 Å². The molecule has 6 aromatic carbocycles. The fraction of sp³-hybridized carbons (Fsp3) is 0.136. The molecule has 0 radical (unpaired) electrons. The monoisotopic (exact) mass is 575 g/mol. The van der Waals surface area contributed by atoms with Gasteiger partial charge in [0.1, 0.15) is 0 Å². The molecule has 0 aliphatic heterocycles. The molecule has 2 aliphatic rings. The first-order valence-electron chi connectivity index (χ1n) is 16.3. The van der Waals surface area contributed by atoms with Crippen LogP contribution in [0.2, 0.25) is 0 Å². The van der Waals surface area contributed by atoms with Gasteiger partial charge in [-0.25, -0.2) is 0 Å². The first kappa shape index (κ1) is 25.2. The lowest BCUT2D eigenvalue weighted by molar-refractivity contribution is 0.282. The predicted molar refractivity (Wildman–Crippen MR) is 190 cm³/mol. The molecule has 0 amide bonds. The Morgan fingerprint density at radius 2 is 1.29 bits per heavy atom. The van der Waals surface area contributed by atoms with Gasteiger partial charge < -0.3 is 4.40 Å². The molecule has 214 valence electrons. The summed E-state index contributed by atoms with van der Waals surface area (Å²) in [5.41, 5.74) is 12.3. The summed E-state index contributed by atoms with van der Waals surface area (Å²) in [6.45, 7) is 4.93. The van der Waals surface area contributed by atoms with Crippen LogP contribution in [0, 0.1) is 11.3 Å². The summed E-state index contributed by atoms with van der Waals surface area (Å²) in [5.74, 6) is 0.744. The van der Waals surface area contributed by atoms with Gasteiger partial charge in [0.2, 0.25) is 0 Å². The van der Waals surface area contributed by atoms with Gasteiger partial charge in [0.05, 0.1) is 16.6 Å². The van der Waals surface area contributed by atoms with E-state index in [0.29, 0.717) is 5.92 Å². The molecule has 0 bridgehead atoms. The number of aromatic nitrogens is 1. The third-order valence-corrected chi connectivity index (χ3v) is 11.0. The van der Waals surface area contributed by atoms with Crippen LogP contribution in [0.25, 0.3) is 54.4 Å². The number of rotatable bonds is 2. The average molecular weight is 576 g/mol. The molecule has 10 rings (SSSR count). The van der Waals surface area contributed by atoms with Gasteiger partial charge in [-0.05, 0) is 68.6 Å². The van der Waals surface area contributed by atoms with E-state index in [4.69, 9.17) is 0 Å². The summed E-state index contributed by atoms with van der Waals surface area (Å²) in [6, 6.07) is 47.9. The maximum Gasteiger partial charge on any atom is 0.0620 e. The van der Waals surface area contributed by atoms with Crippen molar-refractivity contribution in [3.05, 3.63) is 167 Å². The summed E-state index contributed by atoms with van der Waals surface area (Å²) in [6.07, 6.45) is 6.02. The quantitative estimate of drug-likeness (QED) is 0.193. The maximum atomic E-state index is 2.54. The van der Waals surface area contributed by atoms with Crippen molar-refractivity contribution in [2.24, 2.45) is 11.3 Å². The lowest BCUT2D eigenvalue weighted by atomic mass is 9.55. The molecule has 2 heterocycles. The van der Waals surface area contributed by atoms with Crippen LogP contribution in [0.1, 0.15) is 48.4 Å². The molecule has 3 atom stereocenters. The normalized spacial score (nSPS) is 21.4. The van der Waals surface area contributed by atoms with E-state index in [9.17, 15) is 0 Å². The van der Waals surface area contributed by atoms with Crippen LogP contribution in [0.3, 0.4) is 0 Å². The minimum Gasteiger partial charge on any atom is -0.308 e.